The van der Waals surface area contributed by atoms with Gasteiger partial charge in [0.25, 0.3) is 0 Å². The minimum Gasteiger partial charge on any atom is -0.297 e. The summed E-state index contributed by atoms with van der Waals surface area (Å²) < 4.78 is 2.68. The quantitative estimate of drug-likeness (QED) is 0.874. The number of aromatic amines is 1. The van der Waals surface area contributed by atoms with Gasteiger partial charge >= 0.3 is 0 Å². The molecule has 0 aliphatic rings. The summed E-state index contributed by atoms with van der Waals surface area (Å²) in [5.41, 5.74) is 0. The van der Waals surface area contributed by atoms with E-state index in [0.717, 1.165) is 21.5 Å². The number of thiazole rings is 1. The van der Waals surface area contributed by atoms with Gasteiger partial charge in [-0.2, -0.15) is 16.9 Å². The first-order valence-corrected chi connectivity index (χ1v) is 7.86. The molecule has 0 atom stereocenters. The second-order valence-electron chi connectivity index (χ2n) is 3.87. The molecule has 0 fully saturated rings. The van der Waals surface area contributed by atoms with E-state index in [2.05, 4.69) is 35.3 Å². The Morgan fingerprint density at radius 2 is 2.35 bits per heavy atom. The number of nitrogens with one attached hydrogen (secondary N) is 1. The highest BCUT2D eigenvalue weighted by Gasteiger charge is 2.14. The highest BCUT2D eigenvalue weighted by molar-refractivity contribution is 7.97. The molecular formula is C10H14N4S3. The summed E-state index contributed by atoms with van der Waals surface area (Å²) in [6, 6.07) is 0.294. The molecule has 4 nitrogen and oxygen atoms in total. The molecular weight excluding hydrogens is 272 g/mol. The molecule has 0 unspecified atom stereocenters. The average Bonchev–Trinajstić information content (AvgIpc) is 2.84. The van der Waals surface area contributed by atoms with E-state index in [1.807, 2.05) is 10.8 Å². The summed E-state index contributed by atoms with van der Waals surface area (Å²) in [5.74, 6) is 1.83. The lowest BCUT2D eigenvalue weighted by molar-refractivity contribution is 0.597. The molecule has 0 saturated heterocycles. The first-order chi connectivity index (χ1) is 8.13. The Kier molecular flexibility index (Phi) is 4.01. The third kappa shape index (κ3) is 2.61. The molecule has 0 aromatic carbocycles. The third-order valence-electron chi connectivity index (χ3n) is 2.26. The van der Waals surface area contributed by atoms with Gasteiger partial charge in [-0.15, -0.1) is 11.3 Å². The number of rotatable bonds is 4. The van der Waals surface area contributed by atoms with Crippen molar-refractivity contribution in [3.05, 3.63) is 16.0 Å². The molecule has 0 aliphatic carbocycles. The maximum Gasteiger partial charge on any atom is 0.195 e. The van der Waals surface area contributed by atoms with E-state index in [9.17, 15) is 0 Å². The predicted molar refractivity (Wildman–Crippen MR) is 76.1 cm³/mol. The molecule has 17 heavy (non-hydrogen) atoms. The van der Waals surface area contributed by atoms with Crippen LogP contribution in [0.1, 0.15) is 24.9 Å². The fraction of sp³-hybridized carbons (Fsp3) is 0.500. The summed E-state index contributed by atoms with van der Waals surface area (Å²) in [7, 11) is 0. The average molecular weight is 286 g/mol. The maximum atomic E-state index is 5.23. The van der Waals surface area contributed by atoms with Crippen molar-refractivity contribution in [3.63, 3.8) is 0 Å². The minimum absolute atomic E-state index is 0.294. The molecule has 0 bridgehead atoms. The maximum absolute atomic E-state index is 5.23. The van der Waals surface area contributed by atoms with E-state index in [0.29, 0.717) is 10.8 Å². The SMILES string of the molecule is CSCc1ncc(-c2n[nH]c(=S)n2C(C)C)s1. The Morgan fingerprint density at radius 3 is 3.00 bits per heavy atom. The number of aromatic nitrogens is 4. The van der Waals surface area contributed by atoms with Gasteiger partial charge in [0, 0.05) is 18.0 Å². The van der Waals surface area contributed by atoms with Gasteiger partial charge in [0.2, 0.25) is 0 Å². The Hall–Kier alpha value is -0.660. The first-order valence-electron chi connectivity index (χ1n) is 5.24. The molecule has 2 heterocycles. The summed E-state index contributed by atoms with van der Waals surface area (Å²) in [4.78, 5) is 5.45. The van der Waals surface area contributed by atoms with Crippen LogP contribution in [0, 0.1) is 4.77 Å². The van der Waals surface area contributed by atoms with Gasteiger partial charge in [0.15, 0.2) is 10.6 Å². The Balaban J connectivity index is 2.42. The molecule has 2 rings (SSSR count). The van der Waals surface area contributed by atoms with Gasteiger partial charge in [-0.25, -0.2) is 4.98 Å². The molecule has 2 aromatic rings. The van der Waals surface area contributed by atoms with E-state index >= 15 is 0 Å². The Morgan fingerprint density at radius 1 is 1.59 bits per heavy atom. The van der Waals surface area contributed by atoms with Crippen LogP contribution in [-0.2, 0) is 5.75 Å². The number of nitrogens with zero attached hydrogens (tertiary/aromatic N) is 3. The summed E-state index contributed by atoms with van der Waals surface area (Å²) in [6.07, 6.45) is 3.95. The highest BCUT2D eigenvalue weighted by Crippen LogP contribution is 2.28. The van der Waals surface area contributed by atoms with Crippen molar-refractivity contribution in [2.24, 2.45) is 0 Å². The summed E-state index contributed by atoms with van der Waals surface area (Å²) in [5, 5.41) is 8.26. The van der Waals surface area contributed by atoms with E-state index in [1.54, 1.807) is 23.1 Å². The van der Waals surface area contributed by atoms with Gasteiger partial charge < -0.3 is 0 Å². The molecule has 2 aromatic heterocycles. The smallest absolute Gasteiger partial charge is 0.195 e. The van der Waals surface area contributed by atoms with Gasteiger partial charge in [0.05, 0.1) is 4.88 Å². The van der Waals surface area contributed by atoms with Crippen LogP contribution in [-0.4, -0.2) is 26.0 Å². The van der Waals surface area contributed by atoms with Gasteiger partial charge in [-0.05, 0) is 32.3 Å². The van der Waals surface area contributed by atoms with E-state index in [4.69, 9.17) is 12.2 Å². The van der Waals surface area contributed by atoms with Gasteiger partial charge in [-0.3, -0.25) is 9.67 Å². The molecule has 0 saturated carbocycles. The zero-order valence-corrected chi connectivity index (χ0v) is 12.4. The summed E-state index contributed by atoms with van der Waals surface area (Å²) >= 11 is 8.68. The molecule has 1 N–H and O–H groups in total. The largest absolute Gasteiger partial charge is 0.297 e. The second-order valence-corrected chi connectivity index (χ2v) is 6.24. The first kappa shape index (κ1) is 12.8. The van der Waals surface area contributed by atoms with Crippen LogP contribution >= 0.6 is 35.3 Å². The van der Waals surface area contributed by atoms with E-state index in [1.165, 1.54) is 0 Å². The van der Waals surface area contributed by atoms with E-state index in [-0.39, 0.29) is 0 Å². The second kappa shape index (κ2) is 5.32. The third-order valence-corrected chi connectivity index (χ3v) is 4.29. The zero-order valence-electron chi connectivity index (χ0n) is 9.93. The number of hydrogen-bond donors (Lipinski definition) is 1. The van der Waals surface area contributed by atoms with Crippen molar-refractivity contribution < 1.29 is 0 Å². The number of thioether (sulfide) groups is 1. The number of H-pyrrole nitrogens is 1. The molecule has 0 amide bonds. The molecule has 0 radical (unpaired) electrons. The predicted octanol–water partition coefficient (Wildman–Crippen LogP) is 3.51. The lowest BCUT2D eigenvalue weighted by Crippen LogP contribution is -2.02. The van der Waals surface area contributed by atoms with Crippen molar-refractivity contribution in [1.29, 1.82) is 0 Å². The molecule has 0 spiro atoms. The zero-order chi connectivity index (χ0) is 12.4. The van der Waals surface area contributed by atoms with E-state index < -0.39 is 0 Å². The van der Waals surface area contributed by atoms with Crippen molar-refractivity contribution in [2.75, 3.05) is 6.26 Å². The molecule has 0 aliphatic heterocycles. The molecule has 7 heteroatoms. The lowest BCUT2D eigenvalue weighted by atomic mass is 10.3. The van der Waals surface area contributed by atoms with Crippen molar-refractivity contribution in [3.8, 4) is 10.7 Å². The minimum atomic E-state index is 0.294. The number of hydrogen-bond acceptors (Lipinski definition) is 5. The standard InChI is InChI=1S/C10H14N4S3/c1-6(2)14-9(12-13-10(14)15)7-4-11-8(17-7)5-16-3/h4,6H,5H2,1-3H3,(H,13,15). The van der Waals surface area contributed by atoms with Crippen LogP contribution in [0.2, 0.25) is 0 Å². The van der Waals surface area contributed by atoms with Crippen LogP contribution in [0.25, 0.3) is 10.7 Å². The van der Waals surface area contributed by atoms with Crippen molar-refractivity contribution in [1.82, 2.24) is 19.7 Å². The summed E-state index contributed by atoms with van der Waals surface area (Å²) in [6.45, 7) is 4.19. The van der Waals surface area contributed by atoms with Crippen LogP contribution in [0.5, 0.6) is 0 Å². The van der Waals surface area contributed by atoms with Gasteiger partial charge in [-0.1, -0.05) is 0 Å². The monoisotopic (exact) mass is 286 g/mol. The fourth-order valence-electron chi connectivity index (χ4n) is 1.56. The van der Waals surface area contributed by atoms with Crippen molar-refractivity contribution in [2.45, 2.75) is 25.6 Å². The lowest BCUT2D eigenvalue weighted by Gasteiger charge is -2.08. The van der Waals surface area contributed by atoms with Crippen LogP contribution in [0.4, 0.5) is 0 Å². The van der Waals surface area contributed by atoms with Crippen molar-refractivity contribution >= 4 is 35.3 Å². The van der Waals surface area contributed by atoms with Crippen LogP contribution in [0.15, 0.2) is 6.20 Å². The van der Waals surface area contributed by atoms with Crippen LogP contribution in [0.3, 0.4) is 0 Å². The van der Waals surface area contributed by atoms with Crippen LogP contribution < -0.4 is 0 Å². The Labute approximate surface area is 113 Å². The molecule has 92 valence electrons. The Bertz CT molecular complexity index is 552. The fourth-order valence-corrected chi connectivity index (χ4v) is 3.52. The van der Waals surface area contributed by atoms with Gasteiger partial charge in [0.1, 0.15) is 5.01 Å². The topological polar surface area (TPSA) is 46.5 Å². The highest BCUT2D eigenvalue weighted by atomic mass is 32.2. The normalized spacial score (nSPS) is 11.3.